The quantitative estimate of drug-likeness (QED) is 0.688. The lowest BCUT2D eigenvalue weighted by atomic mass is 10.0. The van der Waals surface area contributed by atoms with Gasteiger partial charge < -0.3 is 5.11 Å². The number of aromatic hydroxyl groups is 1. The highest BCUT2D eigenvalue weighted by Gasteiger charge is 1.97. The molecule has 0 aromatic heterocycles. The molecule has 0 aliphatic carbocycles. The third-order valence-electron chi connectivity index (χ3n) is 3.66. The number of para-hydroxylation sites is 1. The number of allylic oxidation sites excluding steroid dienone is 1. The molecule has 1 nitrogen and oxygen atoms in total. The summed E-state index contributed by atoms with van der Waals surface area (Å²) in [4.78, 5) is 0. The van der Waals surface area contributed by atoms with Crippen LogP contribution in [0.15, 0.2) is 84.9 Å². The molecule has 0 atom stereocenters. The fourth-order valence-corrected chi connectivity index (χ4v) is 2.42. The van der Waals surface area contributed by atoms with E-state index in [0.717, 1.165) is 17.5 Å². The van der Waals surface area contributed by atoms with Gasteiger partial charge in [0.25, 0.3) is 0 Å². The van der Waals surface area contributed by atoms with Crippen LogP contribution in [-0.4, -0.2) is 5.11 Å². The first-order valence-corrected chi connectivity index (χ1v) is 7.42. The molecule has 0 saturated heterocycles. The molecule has 0 fully saturated rings. The second-order valence-electron chi connectivity index (χ2n) is 5.22. The highest BCUT2D eigenvalue weighted by molar-refractivity contribution is 5.65. The Morgan fingerprint density at radius 1 is 0.682 bits per heavy atom. The zero-order valence-corrected chi connectivity index (χ0v) is 12.3. The van der Waals surface area contributed by atoms with Crippen LogP contribution in [0.1, 0.15) is 11.1 Å². The van der Waals surface area contributed by atoms with Crippen molar-refractivity contribution >= 4 is 6.08 Å². The number of hydrogen-bond donors (Lipinski definition) is 1. The van der Waals surface area contributed by atoms with Gasteiger partial charge in [-0.3, -0.25) is 0 Å². The molecule has 0 heterocycles. The van der Waals surface area contributed by atoms with Gasteiger partial charge in [-0.05, 0) is 34.7 Å². The van der Waals surface area contributed by atoms with Crippen molar-refractivity contribution in [1.82, 2.24) is 0 Å². The van der Waals surface area contributed by atoms with Gasteiger partial charge in [0, 0.05) is 0 Å². The van der Waals surface area contributed by atoms with E-state index in [-0.39, 0.29) is 0 Å². The molecule has 3 aromatic rings. The topological polar surface area (TPSA) is 20.2 Å². The van der Waals surface area contributed by atoms with Gasteiger partial charge in [-0.15, -0.1) is 0 Å². The lowest BCUT2D eigenvalue weighted by molar-refractivity contribution is 0.470. The van der Waals surface area contributed by atoms with E-state index >= 15 is 0 Å². The molecule has 3 aromatic carbocycles. The third kappa shape index (κ3) is 3.44. The van der Waals surface area contributed by atoms with Gasteiger partial charge in [0.15, 0.2) is 0 Å². The fourth-order valence-electron chi connectivity index (χ4n) is 2.42. The largest absolute Gasteiger partial charge is 0.508 e. The van der Waals surface area contributed by atoms with E-state index in [1.54, 1.807) is 6.07 Å². The zero-order valence-electron chi connectivity index (χ0n) is 12.3. The second kappa shape index (κ2) is 6.77. The van der Waals surface area contributed by atoms with Crippen molar-refractivity contribution < 1.29 is 5.11 Å². The normalized spacial score (nSPS) is 10.9. The minimum atomic E-state index is 0.353. The number of hydrogen-bond acceptors (Lipinski definition) is 1. The molecule has 1 N–H and O–H groups in total. The zero-order chi connectivity index (χ0) is 15.2. The van der Waals surface area contributed by atoms with Crippen molar-refractivity contribution in [2.24, 2.45) is 0 Å². The summed E-state index contributed by atoms with van der Waals surface area (Å²) in [5.41, 5.74) is 4.56. The lowest BCUT2D eigenvalue weighted by Gasteiger charge is -2.02. The van der Waals surface area contributed by atoms with Crippen LogP contribution in [0.2, 0.25) is 0 Å². The Morgan fingerprint density at radius 2 is 1.32 bits per heavy atom. The predicted octanol–water partition coefficient (Wildman–Crippen LogP) is 5.32. The number of phenolic OH excluding ortho intramolecular Hbond substituents is 1. The fraction of sp³-hybridized carbons (Fsp3) is 0.0476. The summed E-state index contributed by atoms with van der Waals surface area (Å²) >= 11 is 0. The van der Waals surface area contributed by atoms with Crippen molar-refractivity contribution in [3.8, 4) is 16.9 Å². The molecular formula is C21H18O. The van der Waals surface area contributed by atoms with E-state index in [2.05, 4.69) is 60.7 Å². The van der Waals surface area contributed by atoms with Crippen LogP contribution < -0.4 is 0 Å². The molecule has 0 bridgehead atoms. The number of rotatable bonds is 4. The summed E-state index contributed by atoms with van der Waals surface area (Å²) < 4.78 is 0. The third-order valence-corrected chi connectivity index (χ3v) is 3.66. The van der Waals surface area contributed by atoms with Gasteiger partial charge in [0.05, 0.1) is 0 Å². The van der Waals surface area contributed by atoms with E-state index in [1.165, 1.54) is 11.1 Å². The summed E-state index contributed by atoms with van der Waals surface area (Å²) in [6.07, 6.45) is 4.89. The smallest absolute Gasteiger partial charge is 0.119 e. The van der Waals surface area contributed by atoms with Crippen LogP contribution in [0.25, 0.3) is 17.2 Å². The molecule has 3 rings (SSSR count). The summed E-state index contributed by atoms with van der Waals surface area (Å²) in [6, 6.07) is 26.3. The molecule has 0 aliphatic heterocycles. The maximum Gasteiger partial charge on any atom is 0.119 e. The van der Waals surface area contributed by atoms with Gasteiger partial charge in [0.1, 0.15) is 5.75 Å². The Kier molecular flexibility index (Phi) is 4.35. The van der Waals surface area contributed by atoms with Crippen LogP contribution in [-0.2, 0) is 6.42 Å². The summed E-state index contributed by atoms with van der Waals surface area (Å²) in [7, 11) is 0. The lowest BCUT2D eigenvalue weighted by Crippen LogP contribution is -1.81. The van der Waals surface area contributed by atoms with Crippen LogP contribution in [0.4, 0.5) is 0 Å². The van der Waals surface area contributed by atoms with Gasteiger partial charge >= 0.3 is 0 Å². The van der Waals surface area contributed by atoms with Gasteiger partial charge in [-0.1, -0.05) is 84.9 Å². The highest BCUT2D eigenvalue weighted by Crippen LogP contribution is 2.20. The van der Waals surface area contributed by atoms with E-state index in [9.17, 15) is 5.11 Å². The second-order valence-corrected chi connectivity index (χ2v) is 5.22. The average Bonchev–Trinajstić information content (AvgIpc) is 2.58. The Balaban J connectivity index is 1.69. The first kappa shape index (κ1) is 14.2. The maximum atomic E-state index is 9.74. The van der Waals surface area contributed by atoms with Crippen molar-refractivity contribution in [3.05, 3.63) is 96.1 Å². The predicted molar refractivity (Wildman–Crippen MR) is 92.7 cm³/mol. The molecular weight excluding hydrogens is 268 g/mol. The average molecular weight is 286 g/mol. The first-order valence-electron chi connectivity index (χ1n) is 7.42. The van der Waals surface area contributed by atoms with Crippen LogP contribution in [0, 0.1) is 0 Å². The molecule has 0 unspecified atom stereocenters. The van der Waals surface area contributed by atoms with Crippen LogP contribution in [0.5, 0.6) is 5.75 Å². The van der Waals surface area contributed by atoms with Crippen LogP contribution in [0.3, 0.4) is 0 Å². The molecule has 0 saturated carbocycles. The minimum Gasteiger partial charge on any atom is -0.508 e. The Bertz CT molecular complexity index is 755. The molecule has 22 heavy (non-hydrogen) atoms. The Labute approximate surface area is 131 Å². The summed E-state index contributed by atoms with van der Waals surface area (Å²) in [6.45, 7) is 0. The SMILES string of the molecule is Oc1ccccc1C/C=C/c1ccc(-c2ccccc2)cc1. The van der Waals surface area contributed by atoms with Gasteiger partial charge in [0.2, 0.25) is 0 Å². The van der Waals surface area contributed by atoms with E-state index in [1.807, 2.05) is 24.3 Å². The monoisotopic (exact) mass is 286 g/mol. The van der Waals surface area contributed by atoms with Crippen molar-refractivity contribution in [2.45, 2.75) is 6.42 Å². The molecule has 0 amide bonds. The van der Waals surface area contributed by atoms with Gasteiger partial charge in [-0.25, -0.2) is 0 Å². The van der Waals surface area contributed by atoms with Crippen molar-refractivity contribution in [3.63, 3.8) is 0 Å². The molecule has 0 radical (unpaired) electrons. The van der Waals surface area contributed by atoms with Crippen LogP contribution >= 0.6 is 0 Å². The Hall–Kier alpha value is -2.80. The molecule has 1 heteroatoms. The molecule has 0 spiro atoms. The summed E-state index contributed by atoms with van der Waals surface area (Å²) in [5, 5.41) is 9.74. The standard InChI is InChI=1S/C21H18O/c22-21-12-5-4-10-20(21)11-6-7-17-13-15-19(16-14-17)18-8-2-1-3-9-18/h1-10,12-16,22H,11H2/b7-6+. The number of phenols is 1. The molecule has 108 valence electrons. The van der Waals surface area contributed by atoms with E-state index < -0.39 is 0 Å². The van der Waals surface area contributed by atoms with Gasteiger partial charge in [-0.2, -0.15) is 0 Å². The maximum absolute atomic E-state index is 9.74. The highest BCUT2D eigenvalue weighted by atomic mass is 16.3. The van der Waals surface area contributed by atoms with E-state index in [0.29, 0.717) is 5.75 Å². The molecule has 0 aliphatic rings. The summed E-state index contributed by atoms with van der Waals surface area (Å²) in [5.74, 6) is 0.353. The minimum absolute atomic E-state index is 0.353. The van der Waals surface area contributed by atoms with E-state index in [4.69, 9.17) is 0 Å². The number of benzene rings is 3. The first-order chi connectivity index (χ1) is 10.8. The Morgan fingerprint density at radius 3 is 2.05 bits per heavy atom. The van der Waals surface area contributed by atoms with Crippen molar-refractivity contribution in [2.75, 3.05) is 0 Å². The van der Waals surface area contributed by atoms with Crippen molar-refractivity contribution in [1.29, 1.82) is 0 Å².